The molecule has 0 bridgehead atoms. The normalized spacial score (nSPS) is 19.4. The molecule has 0 spiro atoms. The van der Waals surface area contributed by atoms with E-state index in [4.69, 9.17) is 5.84 Å². The lowest BCUT2D eigenvalue weighted by Crippen LogP contribution is -2.46. The summed E-state index contributed by atoms with van der Waals surface area (Å²) in [5.41, 5.74) is 1.14. The first-order chi connectivity index (χ1) is 12.1. The summed E-state index contributed by atoms with van der Waals surface area (Å²) in [6, 6.07) is 7.28. The molecule has 3 rings (SSSR count). The minimum absolute atomic E-state index is 0.0530. The minimum Gasteiger partial charge on any atom is -0.349 e. The highest BCUT2D eigenvalue weighted by molar-refractivity contribution is 5.97. The molecule has 5 heteroatoms. The quantitative estimate of drug-likeness (QED) is 0.500. The van der Waals surface area contributed by atoms with Crippen molar-refractivity contribution in [2.75, 3.05) is 0 Å². The van der Waals surface area contributed by atoms with E-state index in [-0.39, 0.29) is 23.9 Å². The third-order valence-corrected chi connectivity index (χ3v) is 5.54. The lowest BCUT2D eigenvalue weighted by atomic mass is 9.94. The zero-order chi connectivity index (χ0) is 17.6. The van der Waals surface area contributed by atoms with Gasteiger partial charge in [-0.2, -0.15) is 0 Å². The number of nitrogens with zero attached hydrogens (tertiary/aromatic N) is 1. The highest BCUT2D eigenvalue weighted by Gasteiger charge is 2.24. The molecule has 2 saturated carbocycles. The SMILES string of the molecule is NN(C(=O)c1ccc(C(=O)NC2CCCCC2)cc1)C1CCCCC1. The number of hydrogen-bond acceptors (Lipinski definition) is 3. The molecule has 1 aromatic rings. The molecule has 2 aliphatic carbocycles. The van der Waals surface area contributed by atoms with Gasteiger partial charge >= 0.3 is 0 Å². The summed E-state index contributed by atoms with van der Waals surface area (Å²) in [6.45, 7) is 0. The van der Waals surface area contributed by atoms with E-state index < -0.39 is 0 Å². The molecule has 0 saturated heterocycles. The molecule has 1 aromatic carbocycles. The maximum atomic E-state index is 12.5. The van der Waals surface area contributed by atoms with Crippen LogP contribution in [-0.4, -0.2) is 28.9 Å². The van der Waals surface area contributed by atoms with Gasteiger partial charge in [0.15, 0.2) is 0 Å². The number of benzene rings is 1. The van der Waals surface area contributed by atoms with Gasteiger partial charge < -0.3 is 5.32 Å². The molecule has 0 aliphatic heterocycles. The van der Waals surface area contributed by atoms with E-state index >= 15 is 0 Å². The Labute approximate surface area is 149 Å². The number of hydrogen-bond donors (Lipinski definition) is 2. The van der Waals surface area contributed by atoms with Crippen molar-refractivity contribution in [3.8, 4) is 0 Å². The Bertz CT molecular complexity index is 587. The van der Waals surface area contributed by atoms with Gasteiger partial charge in [0.1, 0.15) is 0 Å². The van der Waals surface area contributed by atoms with E-state index in [0.29, 0.717) is 11.1 Å². The zero-order valence-electron chi connectivity index (χ0n) is 14.9. The molecule has 0 aromatic heterocycles. The van der Waals surface area contributed by atoms with Crippen molar-refractivity contribution in [2.24, 2.45) is 5.84 Å². The van der Waals surface area contributed by atoms with Gasteiger partial charge in [0.2, 0.25) is 0 Å². The van der Waals surface area contributed by atoms with Crippen molar-refractivity contribution < 1.29 is 9.59 Å². The van der Waals surface area contributed by atoms with Crippen LogP contribution in [-0.2, 0) is 0 Å². The van der Waals surface area contributed by atoms with Gasteiger partial charge in [0.25, 0.3) is 11.8 Å². The summed E-state index contributed by atoms with van der Waals surface area (Å²) in [6.07, 6.45) is 11.2. The Morgan fingerprint density at radius 1 is 0.840 bits per heavy atom. The molecule has 0 atom stereocenters. The van der Waals surface area contributed by atoms with E-state index in [1.54, 1.807) is 24.3 Å². The molecular weight excluding hydrogens is 314 g/mol. The molecule has 25 heavy (non-hydrogen) atoms. The van der Waals surface area contributed by atoms with Crippen LogP contribution in [0.2, 0.25) is 0 Å². The second kappa shape index (κ2) is 8.48. The Balaban J connectivity index is 1.58. The lowest BCUT2D eigenvalue weighted by Gasteiger charge is -2.30. The minimum atomic E-state index is -0.161. The average molecular weight is 343 g/mol. The van der Waals surface area contributed by atoms with Crippen LogP contribution < -0.4 is 11.2 Å². The molecule has 0 unspecified atom stereocenters. The van der Waals surface area contributed by atoms with E-state index in [1.807, 2.05) is 0 Å². The van der Waals surface area contributed by atoms with Crippen LogP contribution in [0.3, 0.4) is 0 Å². The fourth-order valence-corrected chi connectivity index (χ4v) is 3.95. The zero-order valence-corrected chi connectivity index (χ0v) is 14.9. The fourth-order valence-electron chi connectivity index (χ4n) is 3.95. The van der Waals surface area contributed by atoms with Crippen LogP contribution in [0, 0.1) is 0 Å². The largest absolute Gasteiger partial charge is 0.349 e. The summed E-state index contributed by atoms with van der Waals surface area (Å²) in [5, 5.41) is 4.48. The summed E-state index contributed by atoms with van der Waals surface area (Å²) in [5.74, 6) is 5.84. The number of amides is 2. The average Bonchev–Trinajstić information content (AvgIpc) is 2.68. The molecular formula is C20H29N3O2. The van der Waals surface area contributed by atoms with Gasteiger partial charge in [-0.1, -0.05) is 38.5 Å². The standard InChI is InChI=1S/C20H29N3O2/c21-23(18-9-5-2-6-10-18)20(25)16-13-11-15(12-14-16)19(24)22-17-7-3-1-4-8-17/h11-14,17-18H,1-10,21H2,(H,22,24). The number of hydrazine groups is 1. The van der Waals surface area contributed by atoms with Crippen LogP contribution >= 0.6 is 0 Å². The van der Waals surface area contributed by atoms with Crippen LogP contribution in [0.5, 0.6) is 0 Å². The molecule has 2 aliphatic rings. The highest BCUT2D eigenvalue weighted by Crippen LogP contribution is 2.22. The first-order valence-corrected chi connectivity index (χ1v) is 9.64. The van der Waals surface area contributed by atoms with E-state index in [1.165, 1.54) is 30.7 Å². The number of carbonyl (C=O) groups is 2. The highest BCUT2D eigenvalue weighted by atomic mass is 16.2. The predicted molar refractivity (Wildman–Crippen MR) is 98.0 cm³/mol. The summed E-state index contributed by atoms with van der Waals surface area (Å²) >= 11 is 0. The number of nitrogens with two attached hydrogens (primary N) is 1. The molecule has 136 valence electrons. The maximum Gasteiger partial charge on any atom is 0.268 e. The second-order valence-electron chi connectivity index (χ2n) is 7.39. The Morgan fingerprint density at radius 3 is 1.96 bits per heavy atom. The Morgan fingerprint density at radius 2 is 1.36 bits per heavy atom. The summed E-state index contributed by atoms with van der Waals surface area (Å²) < 4.78 is 0. The number of rotatable bonds is 4. The number of nitrogens with one attached hydrogen (secondary N) is 1. The molecule has 5 nitrogen and oxygen atoms in total. The molecule has 3 N–H and O–H groups in total. The van der Waals surface area contributed by atoms with Crippen LogP contribution in [0.25, 0.3) is 0 Å². The summed E-state index contributed by atoms with van der Waals surface area (Å²) in [4.78, 5) is 24.9. The van der Waals surface area contributed by atoms with Crippen molar-refractivity contribution in [2.45, 2.75) is 76.3 Å². The van der Waals surface area contributed by atoms with E-state index in [2.05, 4.69) is 5.32 Å². The smallest absolute Gasteiger partial charge is 0.268 e. The lowest BCUT2D eigenvalue weighted by molar-refractivity contribution is 0.0633. The Kier molecular flexibility index (Phi) is 6.08. The van der Waals surface area contributed by atoms with E-state index in [0.717, 1.165) is 38.5 Å². The van der Waals surface area contributed by atoms with Gasteiger partial charge in [-0.05, 0) is 49.9 Å². The molecule has 2 amide bonds. The topological polar surface area (TPSA) is 75.4 Å². The van der Waals surface area contributed by atoms with E-state index in [9.17, 15) is 9.59 Å². The van der Waals surface area contributed by atoms with Crippen LogP contribution in [0.4, 0.5) is 0 Å². The van der Waals surface area contributed by atoms with Gasteiger partial charge in [-0.3, -0.25) is 14.6 Å². The summed E-state index contributed by atoms with van der Waals surface area (Å²) in [7, 11) is 0. The predicted octanol–water partition coefficient (Wildman–Crippen LogP) is 3.40. The van der Waals surface area contributed by atoms with Crippen molar-refractivity contribution in [3.05, 3.63) is 35.4 Å². The monoisotopic (exact) mass is 343 g/mol. The van der Waals surface area contributed by atoms with Gasteiger partial charge in [0.05, 0.1) is 0 Å². The third kappa shape index (κ3) is 4.60. The van der Waals surface area contributed by atoms with Crippen molar-refractivity contribution in [1.29, 1.82) is 0 Å². The maximum absolute atomic E-state index is 12.5. The fraction of sp³-hybridized carbons (Fsp3) is 0.600. The molecule has 0 radical (unpaired) electrons. The molecule has 0 heterocycles. The number of carbonyl (C=O) groups excluding carboxylic acids is 2. The van der Waals surface area contributed by atoms with Crippen LogP contribution in [0.1, 0.15) is 84.9 Å². The van der Waals surface area contributed by atoms with Gasteiger partial charge in [-0.15, -0.1) is 0 Å². The Hall–Kier alpha value is -1.88. The van der Waals surface area contributed by atoms with Crippen LogP contribution in [0.15, 0.2) is 24.3 Å². The third-order valence-electron chi connectivity index (χ3n) is 5.54. The second-order valence-corrected chi connectivity index (χ2v) is 7.39. The van der Waals surface area contributed by atoms with Gasteiger partial charge in [-0.25, -0.2) is 5.84 Å². The van der Waals surface area contributed by atoms with Crippen molar-refractivity contribution in [1.82, 2.24) is 10.3 Å². The van der Waals surface area contributed by atoms with Crippen molar-refractivity contribution in [3.63, 3.8) is 0 Å². The molecule has 2 fully saturated rings. The first kappa shape index (κ1) is 17.9. The first-order valence-electron chi connectivity index (χ1n) is 9.64. The van der Waals surface area contributed by atoms with Gasteiger partial charge in [0, 0.05) is 23.2 Å². The van der Waals surface area contributed by atoms with Crippen molar-refractivity contribution >= 4 is 11.8 Å².